The Morgan fingerprint density at radius 2 is 1.58 bits per heavy atom. The van der Waals surface area contributed by atoms with Gasteiger partial charge in [0.05, 0.1) is 12.5 Å². The maximum absolute atomic E-state index is 12.5. The average Bonchev–Trinajstić information content (AvgIpc) is 3.12. The van der Waals surface area contributed by atoms with Crippen LogP contribution in [0.15, 0.2) is 48.5 Å². The van der Waals surface area contributed by atoms with Gasteiger partial charge in [0.1, 0.15) is 12.6 Å². The van der Waals surface area contributed by atoms with Crippen LogP contribution in [-0.4, -0.2) is 54.0 Å². The highest BCUT2D eigenvalue weighted by atomic mass is 16.5. The minimum Gasteiger partial charge on any atom is -0.480 e. The second kappa shape index (κ2) is 11.0. The van der Waals surface area contributed by atoms with Crippen LogP contribution >= 0.6 is 0 Å². The number of aliphatic hydroxyl groups is 1. The van der Waals surface area contributed by atoms with Crippen molar-refractivity contribution in [3.05, 3.63) is 59.7 Å². The maximum atomic E-state index is 12.5. The topological polar surface area (TPSA) is 125 Å². The summed E-state index contributed by atoms with van der Waals surface area (Å²) >= 11 is 0. The first-order valence-corrected chi connectivity index (χ1v) is 11.0. The average molecular weight is 455 g/mol. The molecule has 1 unspecified atom stereocenters. The fourth-order valence-corrected chi connectivity index (χ4v) is 4.18. The number of aliphatic hydroxyl groups excluding tert-OH is 1. The Bertz CT molecular complexity index is 960. The smallest absolute Gasteiger partial charge is 0.407 e. The summed E-state index contributed by atoms with van der Waals surface area (Å²) in [7, 11) is 0. The number of nitrogens with one attached hydrogen (secondary N) is 2. The first-order valence-electron chi connectivity index (χ1n) is 11.0. The lowest BCUT2D eigenvalue weighted by molar-refractivity contribution is -0.143. The number of carbonyl (C=O) groups is 3. The summed E-state index contributed by atoms with van der Waals surface area (Å²) < 4.78 is 5.50. The van der Waals surface area contributed by atoms with Gasteiger partial charge < -0.3 is 25.6 Å². The predicted molar refractivity (Wildman–Crippen MR) is 123 cm³/mol. The van der Waals surface area contributed by atoms with Gasteiger partial charge in [0.2, 0.25) is 5.91 Å². The molecule has 1 aliphatic carbocycles. The normalized spacial score (nSPS) is 14.2. The Balaban J connectivity index is 1.59. The van der Waals surface area contributed by atoms with Crippen molar-refractivity contribution >= 4 is 18.0 Å². The van der Waals surface area contributed by atoms with Crippen molar-refractivity contribution in [2.75, 3.05) is 19.8 Å². The number of carbonyl (C=O) groups excluding carboxylic acids is 2. The molecule has 0 spiro atoms. The number of carboxylic acid groups (broad SMARTS) is 1. The SMILES string of the molecule is CC(C)CC(CNC(=O)OCC1c2ccccc2-c2ccccc21)C(=O)N[C@@H](CO)C(=O)O. The zero-order chi connectivity index (χ0) is 24.0. The molecule has 0 aromatic heterocycles. The Labute approximate surface area is 193 Å². The van der Waals surface area contributed by atoms with Crippen LogP contribution in [0.5, 0.6) is 0 Å². The molecule has 0 saturated carbocycles. The van der Waals surface area contributed by atoms with Crippen LogP contribution in [0.4, 0.5) is 4.79 Å². The van der Waals surface area contributed by atoms with Gasteiger partial charge in [0.15, 0.2) is 0 Å². The van der Waals surface area contributed by atoms with Crippen molar-refractivity contribution in [1.29, 1.82) is 0 Å². The van der Waals surface area contributed by atoms with Gasteiger partial charge in [-0.3, -0.25) is 4.79 Å². The van der Waals surface area contributed by atoms with Gasteiger partial charge in [-0.1, -0.05) is 62.4 Å². The number of benzene rings is 2. The molecule has 8 heteroatoms. The summed E-state index contributed by atoms with van der Waals surface area (Å²) in [5, 5.41) is 23.2. The van der Waals surface area contributed by atoms with E-state index in [1.54, 1.807) is 0 Å². The molecule has 1 aliphatic rings. The number of alkyl carbamates (subject to hydrolysis) is 1. The van der Waals surface area contributed by atoms with E-state index in [-0.39, 0.29) is 25.0 Å². The summed E-state index contributed by atoms with van der Waals surface area (Å²) in [4.78, 5) is 36.1. The fraction of sp³-hybridized carbons (Fsp3) is 0.400. The summed E-state index contributed by atoms with van der Waals surface area (Å²) in [5.74, 6) is -2.44. The van der Waals surface area contributed by atoms with E-state index in [0.29, 0.717) is 6.42 Å². The second-order valence-corrected chi connectivity index (χ2v) is 8.61. The number of hydrogen-bond donors (Lipinski definition) is 4. The van der Waals surface area contributed by atoms with E-state index in [1.165, 1.54) is 0 Å². The minimum absolute atomic E-state index is 0.00153. The Kier molecular flexibility index (Phi) is 8.06. The summed E-state index contributed by atoms with van der Waals surface area (Å²) in [6.07, 6.45) is -0.205. The zero-order valence-corrected chi connectivity index (χ0v) is 18.8. The highest BCUT2D eigenvalue weighted by Gasteiger charge is 2.30. The number of rotatable bonds is 10. The molecule has 0 saturated heterocycles. The molecule has 2 amide bonds. The number of amides is 2. The Hall–Kier alpha value is -3.39. The molecule has 2 atom stereocenters. The largest absolute Gasteiger partial charge is 0.480 e. The summed E-state index contributed by atoms with van der Waals surface area (Å²) in [6, 6.07) is 14.7. The molecule has 176 valence electrons. The second-order valence-electron chi connectivity index (χ2n) is 8.61. The van der Waals surface area contributed by atoms with Crippen LogP contribution < -0.4 is 10.6 Å². The molecule has 2 aromatic carbocycles. The van der Waals surface area contributed by atoms with Gasteiger partial charge in [0.25, 0.3) is 0 Å². The fourth-order valence-electron chi connectivity index (χ4n) is 4.18. The van der Waals surface area contributed by atoms with Gasteiger partial charge in [-0.25, -0.2) is 9.59 Å². The molecule has 0 bridgehead atoms. The molecule has 0 fully saturated rings. The number of hydrogen-bond acceptors (Lipinski definition) is 5. The molecule has 0 heterocycles. The van der Waals surface area contributed by atoms with E-state index in [2.05, 4.69) is 22.8 Å². The first-order chi connectivity index (χ1) is 15.8. The lowest BCUT2D eigenvalue weighted by Gasteiger charge is -2.21. The molecular formula is C25H30N2O6. The van der Waals surface area contributed by atoms with E-state index in [9.17, 15) is 14.4 Å². The molecule has 2 aromatic rings. The molecule has 0 aliphatic heterocycles. The standard InChI is InChI=1S/C25H30N2O6/c1-15(2)11-16(23(29)27-22(13-28)24(30)31)12-26-25(32)33-14-21-19-9-5-3-7-17(19)18-8-4-6-10-20(18)21/h3-10,15-16,21-22,28H,11-14H2,1-2H3,(H,26,32)(H,27,29)(H,30,31)/t16?,22-/m0/s1. The molecule has 0 radical (unpaired) electrons. The summed E-state index contributed by atoms with van der Waals surface area (Å²) in [6.45, 7) is 3.29. The minimum atomic E-state index is -1.39. The number of fused-ring (bicyclic) bond motifs is 3. The number of ether oxygens (including phenoxy) is 1. The third-order valence-electron chi connectivity index (χ3n) is 5.76. The number of carboxylic acids is 1. The van der Waals surface area contributed by atoms with Gasteiger partial charge in [-0.05, 0) is 34.6 Å². The lowest BCUT2D eigenvalue weighted by atomic mass is 9.96. The maximum Gasteiger partial charge on any atom is 0.407 e. The monoisotopic (exact) mass is 454 g/mol. The highest BCUT2D eigenvalue weighted by molar-refractivity contribution is 5.85. The third-order valence-corrected chi connectivity index (χ3v) is 5.76. The van der Waals surface area contributed by atoms with Crippen molar-refractivity contribution in [2.24, 2.45) is 11.8 Å². The van der Waals surface area contributed by atoms with Gasteiger partial charge in [0, 0.05) is 12.5 Å². The first kappa shape index (κ1) is 24.3. The zero-order valence-electron chi connectivity index (χ0n) is 18.8. The molecule has 4 N–H and O–H groups in total. The van der Waals surface area contributed by atoms with E-state index in [4.69, 9.17) is 14.9 Å². The molecule has 8 nitrogen and oxygen atoms in total. The van der Waals surface area contributed by atoms with E-state index in [0.717, 1.165) is 22.3 Å². The van der Waals surface area contributed by atoms with Gasteiger partial charge in [-0.15, -0.1) is 0 Å². The lowest BCUT2D eigenvalue weighted by Crippen LogP contribution is -2.48. The van der Waals surface area contributed by atoms with Crippen LogP contribution in [0, 0.1) is 11.8 Å². The Morgan fingerprint density at radius 3 is 2.09 bits per heavy atom. The quantitative estimate of drug-likeness (QED) is 0.438. The molecular weight excluding hydrogens is 424 g/mol. The van der Waals surface area contributed by atoms with E-state index in [1.807, 2.05) is 50.2 Å². The third kappa shape index (κ3) is 5.90. The van der Waals surface area contributed by atoms with Gasteiger partial charge >= 0.3 is 12.1 Å². The Morgan fingerprint density at radius 1 is 1.00 bits per heavy atom. The van der Waals surface area contributed by atoms with Crippen LogP contribution in [0.25, 0.3) is 11.1 Å². The van der Waals surface area contributed by atoms with Crippen molar-refractivity contribution in [2.45, 2.75) is 32.2 Å². The highest BCUT2D eigenvalue weighted by Crippen LogP contribution is 2.44. The van der Waals surface area contributed by atoms with Crippen molar-refractivity contribution in [1.82, 2.24) is 10.6 Å². The van der Waals surface area contributed by atoms with Crippen molar-refractivity contribution in [3.63, 3.8) is 0 Å². The molecule has 3 rings (SSSR count). The van der Waals surface area contributed by atoms with Crippen molar-refractivity contribution in [3.8, 4) is 11.1 Å². The van der Waals surface area contributed by atoms with E-state index >= 15 is 0 Å². The summed E-state index contributed by atoms with van der Waals surface area (Å²) in [5.41, 5.74) is 4.47. The number of aliphatic carboxylic acids is 1. The van der Waals surface area contributed by atoms with Crippen LogP contribution in [-0.2, 0) is 14.3 Å². The van der Waals surface area contributed by atoms with Crippen LogP contribution in [0.2, 0.25) is 0 Å². The predicted octanol–water partition coefficient (Wildman–Crippen LogP) is 2.75. The van der Waals surface area contributed by atoms with Crippen LogP contribution in [0.3, 0.4) is 0 Å². The van der Waals surface area contributed by atoms with Gasteiger partial charge in [-0.2, -0.15) is 0 Å². The van der Waals surface area contributed by atoms with Crippen LogP contribution in [0.1, 0.15) is 37.3 Å². The molecule has 33 heavy (non-hydrogen) atoms. The van der Waals surface area contributed by atoms with E-state index < -0.39 is 36.5 Å². The van der Waals surface area contributed by atoms with Crippen molar-refractivity contribution < 1.29 is 29.3 Å².